The van der Waals surface area contributed by atoms with Crippen molar-refractivity contribution < 1.29 is 19.1 Å². The molecule has 3 amide bonds. The van der Waals surface area contributed by atoms with E-state index >= 15 is 0 Å². The molecule has 7 heteroatoms. The Morgan fingerprint density at radius 3 is 2.00 bits per heavy atom. The van der Waals surface area contributed by atoms with E-state index in [-0.39, 0.29) is 24.3 Å². The first-order chi connectivity index (χ1) is 17.5. The van der Waals surface area contributed by atoms with Gasteiger partial charge in [0, 0.05) is 18.0 Å². The van der Waals surface area contributed by atoms with Crippen LogP contribution >= 0.6 is 0 Å². The molecular formula is C31H45N3O4. The molecule has 0 spiro atoms. The van der Waals surface area contributed by atoms with Gasteiger partial charge in [0.25, 0.3) is 0 Å². The average Bonchev–Trinajstić information content (AvgIpc) is 2.77. The molecular weight excluding hydrogens is 478 g/mol. The normalized spacial score (nSPS) is 13.4. The lowest BCUT2D eigenvalue weighted by molar-refractivity contribution is -0.148. The third-order valence-electron chi connectivity index (χ3n) is 6.11. The lowest BCUT2D eigenvalue weighted by Crippen LogP contribution is -2.59. The van der Waals surface area contributed by atoms with Crippen molar-refractivity contribution in [1.29, 1.82) is 0 Å². The van der Waals surface area contributed by atoms with Crippen LogP contribution in [0, 0.1) is 13.8 Å². The minimum Gasteiger partial charge on any atom is -0.444 e. The fourth-order valence-corrected chi connectivity index (χ4v) is 4.34. The third-order valence-corrected chi connectivity index (χ3v) is 6.11. The zero-order valence-electron chi connectivity index (χ0n) is 24.6. The molecule has 2 N–H and O–H groups in total. The van der Waals surface area contributed by atoms with Gasteiger partial charge in [0.1, 0.15) is 17.7 Å². The summed E-state index contributed by atoms with van der Waals surface area (Å²) in [6.45, 7) is 18.8. The van der Waals surface area contributed by atoms with Crippen molar-refractivity contribution in [2.75, 3.05) is 0 Å². The molecule has 2 unspecified atom stereocenters. The van der Waals surface area contributed by atoms with Crippen molar-refractivity contribution in [3.63, 3.8) is 0 Å². The van der Waals surface area contributed by atoms with Crippen LogP contribution in [0.4, 0.5) is 4.79 Å². The lowest BCUT2D eigenvalue weighted by atomic mass is 9.90. The number of amides is 3. The zero-order chi connectivity index (χ0) is 28.8. The quantitative estimate of drug-likeness (QED) is 0.469. The molecule has 0 aliphatic carbocycles. The number of aryl methyl sites for hydroxylation is 1. The van der Waals surface area contributed by atoms with E-state index in [1.54, 1.807) is 25.7 Å². The van der Waals surface area contributed by atoms with Gasteiger partial charge in [-0.2, -0.15) is 0 Å². The van der Waals surface area contributed by atoms with Crippen LogP contribution in [-0.2, 0) is 20.7 Å². The minimum atomic E-state index is -0.953. The van der Waals surface area contributed by atoms with Gasteiger partial charge in [0.05, 0.1) is 0 Å². The summed E-state index contributed by atoms with van der Waals surface area (Å²) in [5, 5.41) is 5.81. The van der Waals surface area contributed by atoms with E-state index < -0.39 is 29.3 Å². The summed E-state index contributed by atoms with van der Waals surface area (Å²) in [7, 11) is 0. The molecule has 0 radical (unpaired) electrons. The second-order valence-electron chi connectivity index (χ2n) is 12.1. The Kier molecular flexibility index (Phi) is 10.1. The molecule has 2 atom stereocenters. The van der Waals surface area contributed by atoms with Crippen molar-refractivity contribution in [3.05, 3.63) is 70.8 Å². The lowest BCUT2D eigenvalue weighted by Gasteiger charge is -2.43. The number of nitrogens with zero attached hydrogens (tertiary/aromatic N) is 1. The molecule has 0 heterocycles. The molecule has 0 aromatic heterocycles. The highest BCUT2D eigenvalue weighted by atomic mass is 16.6. The third kappa shape index (κ3) is 8.61. The van der Waals surface area contributed by atoms with Crippen molar-refractivity contribution in [3.8, 4) is 0 Å². The average molecular weight is 524 g/mol. The SMILES string of the molecule is Cc1cccc(C(C(=O)NC(C)C)N(C(=O)C(Cc2ccccc2)NC(=O)OC(C)(C)C)C(C)(C)C)c1C. The summed E-state index contributed by atoms with van der Waals surface area (Å²) < 4.78 is 5.50. The standard InChI is InChI=1S/C31H45N3O4/c1-20(2)32-27(35)26(24-18-14-15-21(3)22(24)4)34(30(5,6)7)28(36)25(19-23-16-12-11-13-17-23)33-29(37)38-31(8,9)10/h11-18,20,25-26H,19H2,1-10H3,(H,32,35)(H,33,37). The number of carbonyl (C=O) groups is 3. The van der Waals surface area contributed by atoms with Gasteiger partial charge in [-0.15, -0.1) is 0 Å². The summed E-state index contributed by atoms with van der Waals surface area (Å²) in [5.41, 5.74) is 2.12. The van der Waals surface area contributed by atoms with E-state index in [1.807, 2.05) is 97.0 Å². The molecule has 0 aliphatic heterocycles. The molecule has 0 bridgehead atoms. The summed E-state index contributed by atoms with van der Waals surface area (Å²) in [6, 6.07) is 13.3. The largest absolute Gasteiger partial charge is 0.444 e. The van der Waals surface area contributed by atoms with Crippen LogP contribution in [0.5, 0.6) is 0 Å². The monoisotopic (exact) mass is 523 g/mol. The first-order valence-corrected chi connectivity index (χ1v) is 13.2. The highest BCUT2D eigenvalue weighted by molar-refractivity contribution is 5.93. The van der Waals surface area contributed by atoms with Crippen molar-refractivity contribution in [1.82, 2.24) is 15.5 Å². The molecule has 38 heavy (non-hydrogen) atoms. The molecule has 0 fully saturated rings. The Morgan fingerprint density at radius 2 is 1.47 bits per heavy atom. The molecule has 0 saturated heterocycles. The summed E-state index contributed by atoms with van der Waals surface area (Å²) >= 11 is 0. The van der Waals surface area contributed by atoms with Crippen LogP contribution < -0.4 is 10.6 Å². The minimum absolute atomic E-state index is 0.118. The van der Waals surface area contributed by atoms with Crippen LogP contribution in [0.25, 0.3) is 0 Å². The number of hydrogen-bond donors (Lipinski definition) is 2. The number of alkyl carbamates (subject to hydrolysis) is 1. The molecule has 2 aromatic rings. The van der Waals surface area contributed by atoms with E-state index in [4.69, 9.17) is 4.74 Å². The van der Waals surface area contributed by atoms with E-state index in [1.165, 1.54) is 0 Å². The summed E-state index contributed by atoms with van der Waals surface area (Å²) in [5.74, 6) is -0.635. The van der Waals surface area contributed by atoms with Crippen LogP contribution in [0.1, 0.15) is 83.7 Å². The van der Waals surface area contributed by atoms with Gasteiger partial charge in [-0.3, -0.25) is 9.59 Å². The molecule has 0 aliphatic rings. The Labute approximate surface area is 228 Å². The van der Waals surface area contributed by atoms with E-state index in [0.717, 1.165) is 22.3 Å². The number of nitrogens with one attached hydrogen (secondary N) is 2. The van der Waals surface area contributed by atoms with E-state index in [9.17, 15) is 14.4 Å². The Balaban J connectivity index is 2.65. The predicted octanol–water partition coefficient (Wildman–Crippen LogP) is 5.63. The molecule has 0 saturated carbocycles. The van der Waals surface area contributed by atoms with Gasteiger partial charge < -0.3 is 20.3 Å². The Morgan fingerprint density at radius 1 is 0.868 bits per heavy atom. The maximum Gasteiger partial charge on any atom is 0.408 e. The maximum absolute atomic E-state index is 14.5. The number of rotatable bonds is 8. The first-order valence-electron chi connectivity index (χ1n) is 13.2. The van der Waals surface area contributed by atoms with Gasteiger partial charge >= 0.3 is 6.09 Å². The number of ether oxygens (including phenoxy) is 1. The number of carbonyl (C=O) groups excluding carboxylic acids is 3. The molecule has 7 nitrogen and oxygen atoms in total. The fourth-order valence-electron chi connectivity index (χ4n) is 4.34. The Hall–Kier alpha value is -3.35. The smallest absolute Gasteiger partial charge is 0.408 e. The van der Waals surface area contributed by atoms with E-state index in [0.29, 0.717) is 0 Å². The second-order valence-corrected chi connectivity index (χ2v) is 12.1. The second kappa shape index (κ2) is 12.5. The molecule has 208 valence electrons. The van der Waals surface area contributed by atoms with Crippen molar-refractivity contribution >= 4 is 17.9 Å². The summed E-state index contributed by atoms with van der Waals surface area (Å²) in [6.07, 6.45) is -0.438. The van der Waals surface area contributed by atoms with Crippen molar-refractivity contribution in [2.45, 2.75) is 105 Å². The van der Waals surface area contributed by atoms with Gasteiger partial charge in [0.2, 0.25) is 11.8 Å². The van der Waals surface area contributed by atoms with Crippen LogP contribution in [0.2, 0.25) is 0 Å². The zero-order valence-corrected chi connectivity index (χ0v) is 24.6. The van der Waals surface area contributed by atoms with Gasteiger partial charge in [0.15, 0.2) is 0 Å². The van der Waals surface area contributed by atoms with E-state index in [2.05, 4.69) is 10.6 Å². The Bertz CT molecular complexity index is 1110. The highest BCUT2D eigenvalue weighted by Gasteiger charge is 2.42. The van der Waals surface area contributed by atoms with Crippen molar-refractivity contribution in [2.24, 2.45) is 0 Å². The van der Waals surface area contributed by atoms with Gasteiger partial charge in [-0.25, -0.2) is 4.79 Å². The van der Waals surface area contributed by atoms with Crippen LogP contribution in [-0.4, -0.2) is 46.0 Å². The van der Waals surface area contributed by atoms with Crippen LogP contribution in [0.15, 0.2) is 48.5 Å². The maximum atomic E-state index is 14.5. The number of benzene rings is 2. The van der Waals surface area contributed by atoms with Gasteiger partial charge in [-0.05, 0) is 91.5 Å². The number of hydrogen-bond acceptors (Lipinski definition) is 4. The van der Waals surface area contributed by atoms with Crippen LogP contribution in [0.3, 0.4) is 0 Å². The first kappa shape index (κ1) is 30.9. The highest BCUT2D eigenvalue weighted by Crippen LogP contribution is 2.33. The predicted molar refractivity (Wildman–Crippen MR) is 152 cm³/mol. The summed E-state index contributed by atoms with van der Waals surface area (Å²) in [4.78, 5) is 42.7. The topological polar surface area (TPSA) is 87.7 Å². The fraction of sp³-hybridized carbons (Fsp3) is 0.516. The molecule has 2 aromatic carbocycles. The van der Waals surface area contributed by atoms with Gasteiger partial charge in [-0.1, -0.05) is 48.5 Å². The molecule has 2 rings (SSSR count).